The van der Waals surface area contributed by atoms with Gasteiger partial charge in [-0.3, -0.25) is 9.89 Å². The first kappa shape index (κ1) is 19.2. The molecule has 1 saturated carbocycles. The molecule has 0 bridgehead atoms. The van der Waals surface area contributed by atoms with Gasteiger partial charge in [-0.05, 0) is 42.2 Å². The molecule has 0 unspecified atom stereocenters. The summed E-state index contributed by atoms with van der Waals surface area (Å²) in [5.41, 5.74) is 4.36. The molecule has 0 aliphatic heterocycles. The SMILES string of the molecule is COc1ccc([C@@H](CC(=O)N(C)Cc2cc(C3CC3)n[nH]2)c2ccccc2)cc1. The number of hydrogen-bond donors (Lipinski definition) is 1. The minimum absolute atomic E-state index is 0.000785. The number of amides is 1. The van der Waals surface area contributed by atoms with E-state index in [0.717, 1.165) is 28.3 Å². The van der Waals surface area contributed by atoms with Gasteiger partial charge in [0.05, 0.1) is 25.0 Å². The molecular formula is C24H27N3O2. The quantitative estimate of drug-likeness (QED) is 0.618. The van der Waals surface area contributed by atoms with E-state index in [0.29, 0.717) is 18.9 Å². The molecule has 4 rings (SSSR count). The van der Waals surface area contributed by atoms with E-state index in [-0.39, 0.29) is 11.8 Å². The molecule has 1 aliphatic carbocycles. The van der Waals surface area contributed by atoms with Crippen molar-refractivity contribution in [2.24, 2.45) is 0 Å². The number of aromatic amines is 1. The van der Waals surface area contributed by atoms with Gasteiger partial charge in [0.15, 0.2) is 0 Å². The Kier molecular flexibility index (Phi) is 5.65. The Balaban J connectivity index is 1.48. The van der Waals surface area contributed by atoms with Crippen LogP contribution >= 0.6 is 0 Å². The third-order valence-electron chi connectivity index (χ3n) is 5.58. The Morgan fingerprint density at radius 3 is 2.48 bits per heavy atom. The Morgan fingerprint density at radius 1 is 1.14 bits per heavy atom. The predicted molar refractivity (Wildman–Crippen MR) is 113 cm³/mol. The third kappa shape index (κ3) is 4.67. The molecule has 29 heavy (non-hydrogen) atoms. The number of aromatic nitrogens is 2. The van der Waals surface area contributed by atoms with Crippen LogP contribution in [-0.2, 0) is 11.3 Å². The van der Waals surface area contributed by atoms with E-state index < -0.39 is 0 Å². The molecule has 1 aliphatic rings. The summed E-state index contributed by atoms with van der Waals surface area (Å²) in [4.78, 5) is 14.8. The van der Waals surface area contributed by atoms with Gasteiger partial charge in [0.1, 0.15) is 5.75 Å². The number of ether oxygens (including phenoxy) is 1. The van der Waals surface area contributed by atoms with E-state index in [1.54, 1.807) is 12.0 Å². The summed E-state index contributed by atoms with van der Waals surface area (Å²) >= 11 is 0. The van der Waals surface area contributed by atoms with Gasteiger partial charge in [0, 0.05) is 25.3 Å². The Labute approximate surface area is 171 Å². The fourth-order valence-electron chi connectivity index (χ4n) is 3.67. The first-order valence-electron chi connectivity index (χ1n) is 10.1. The molecular weight excluding hydrogens is 362 g/mol. The number of hydrogen-bond acceptors (Lipinski definition) is 3. The topological polar surface area (TPSA) is 58.2 Å². The lowest BCUT2D eigenvalue weighted by Gasteiger charge is -2.22. The lowest BCUT2D eigenvalue weighted by atomic mass is 9.88. The minimum atomic E-state index is 0.000785. The van der Waals surface area contributed by atoms with Gasteiger partial charge in [-0.25, -0.2) is 0 Å². The molecule has 1 heterocycles. The van der Waals surface area contributed by atoms with Crippen molar-refractivity contribution in [1.82, 2.24) is 15.1 Å². The molecule has 3 aromatic rings. The van der Waals surface area contributed by atoms with E-state index in [1.165, 1.54) is 12.8 Å². The number of carbonyl (C=O) groups is 1. The smallest absolute Gasteiger partial charge is 0.223 e. The van der Waals surface area contributed by atoms with Gasteiger partial charge in [-0.15, -0.1) is 0 Å². The third-order valence-corrected chi connectivity index (χ3v) is 5.58. The van der Waals surface area contributed by atoms with Crippen LogP contribution in [0.4, 0.5) is 0 Å². The number of carbonyl (C=O) groups excluding carboxylic acids is 1. The molecule has 1 amide bonds. The van der Waals surface area contributed by atoms with Crippen molar-refractivity contribution in [1.29, 1.82) is 0 Å². The van der Waals surface area contributed by atoms with Gasteiger partial charge < -0.3 is 9.64 Å². The summed E-state index contributed by atoms with van der Waals surface area (Å²) in [5.74, 6) is 1.53. The van der Waals surface area contributed by atoms with Crippen LogP contribution in [0.25, 0.3) is 0 Å². The molecule has 1 aromatic heterocycles. The van der Waals surface area contributed by atoms with Gasteiger partial charge in [-0.2, -0.15) is 5.10 Å². The molecule has 5 nitrogen and oxygen atoms in total. The van der Waals surface area contributed by atoms with Crippen LogP contribution in [0.3, 0.4) is 0 Å². The zero-order chi connectivity index (χ0) is 20.2. The second kappa shape index (κ2) is 8.52. The molecule has 1 atom stereocenters. The normalized spacial score (nSPS) is 14.4. The van der Waals surface area contributed by atoms with Crippen LogP contribution in [0.2, 0.25) is 0 Å². The molecule has 0 spiro atoms. The van der Waals surface area contributed by atoms with Crippen molar-refractivity contribution in [3.8, 4) is 5.75 Å². The van der Waals surface area contributed by atoms with E-state index in [2.05, 4.69) is 28.4 Å². The number of benzene rings is 2. The zero-order valence-electron chi connectivity index (χ0n) is 17.0. The maximum Gasteiger partial charge on any atom is 0.223 e. The fourth-order valence-corrected chi connectivity index (χ4v) is 3.67. The second-order valence-electron chi connectivity index (χ2n) is 7.78. The molecule has 0 radical (unpaired) electrons. The summed E-state index contributed by atoms with van der Waals surface area (Å²) < 4.78 is 5.28. The Morgan fingerprint density at radius 2 is 1.83 bits per heavy atom. The van der Waals surface area contributed by atoms with Crippen molar-refractivity contribution in [3.05, 3.63) is 83.2 Å². The van der Waals surface area contributed by atoms with Crippen molar-refractivity contribution in [2.75, 3.05) is 14.2 Å². The highest BCUT2D eigenvalue weighted by Gasteiger charge is 2.26. The number of nitrogens with zero attached hydrogens (tertiary/aromatic N) is 2. The highest BCUT2D eigenvalue weighted by Crippen LogP contribution is 2.39. The molecule has 2 aromatic carbocycles. The minimum Gasteiger partial charge on any atom is -0.497 e. The zero-order valence-corrected chi connectivity index (χ0v) is 17.0. The van der Waals surface area contributed by atoms with E-state index in [1.807, 2.05) is 49.5 Å². The van der Waals surface area contributed by atoms with Crippen molar-refractivity contribution >= 4 is 5.91 Å². The lowest BCUT2D eigenvalue weighted by Crippen LogP contribution is -2.28. The van der Waals surface area contributed by atoms with E-state index in [4.69, 9.17) is 4.74 Å². The van der Waals surface area contributed by atoms with Crippen LogP contribution in [-0.4, -0.2) is 35.2 Å². The van der Waals surface area contributed by atoms with Crippen molar-refractivity contribution in [3.63, 3.8) is 0 Å². The highest BCUT2D eigenvalue weighted by atomic mass is 16.5. The summed E-state index contributed by atoms with van der Waals surface area (Å²) in [6.07, 6.45) is 2.86. The summed E-state index contributed by atoms with van der Waals surface area (Å²) in [6, 6.07) is 20.3. The molecule has 1 N–H and O–H groups in total. The second-order valence-corrected chi connectivity index (χ2v) is 7.78. The molecule has 150 valence electrons. The Hall–Kier alpha value is -3.08. The van der Waals surface area contributed by atoms with Crippen LogP contribution < -0.4 is 4.74 Å². The average Bonchev–Trinajstić information content (AvgIpc) is 3.51. The standard InChI is InChI=1S/C24H27N3O2/c1-27(16-20-14-23(26-25-20)19-8-9-19)24(28)15-22(17-6-4-3-5-7-17)18-10-12-21(29-2)13-11-18/h3-7,10-14,19,22H,8-9,15-16H2,1-2H3,(H,25,26)/t22-/m0/s1. The largest absolute Gasteiger partial charge is 0.497 e. The maximum atomic E-state index is 13.0. The van der Waals surface area contributed by atoms with Gasteiger partial charge in [0.2, 0.25) is 5.91 Å². The number of methoxy groups -OCH3 is 1. The molecule has 5 heteroatoms. The van der Waals surface area contributed by atoms with Crippen LogP contribution in [0.5, 0.6) is 5.75 Å². The fraction of sp³-hybridized carbons (Fsp3) is 0.333. The van der Waals surface area contributed by atoms with E-state index >= 15 is 0 Å². The molecule has 0 saturated heterocycles. The highest BCUT2D eigenvalue weighted by molar-refractivity contribution is 5.77. The first-order chi connectivity index (χ1) is 14.1. The Bertz CT molecular complexity index is 946. The summed E-state index contributed by atoms with van der Waals surface area (Å²) in [6.45, 7) is 0.544. The monoisotopic (exact) mass is 389 g/mol. The number of nitrogens with one attached hydrogen (secondary N) is 1. The van der Waals surface area contributed by atoms with Crippen LogP contribution in [0.15, 0.2) is 60.7 Å². The van der Waals surface area contributed by atoms with Crippen LogP contribution in [0.1, 0.15) is 53.6 Å². The van der Waals surface area contributed by atoms with Crippen molar-refractivity contribution in [2.45, 2.75) is 37.6 Å². The predicted octanol–water partition coefficient (Wildman–Crippen LogP) is 4.48. The maximum absolute atomic E-state index is 13.0. The average molecular weight is 389 g/mol. The van der Waals surface area contributed by atoms with Gasteiger partial charge in [-0.1, -0.05) is 42.5 Å². The van der Waals surface area contributed by atoms with Gasteiger partial charge >= 0.3 is 0 Å². The number of H-pyrrole nitrogens is 1. The molecule has 1 fully saturated rings. The summed E-state index contributed by atoms with van der Waals surface area (Å²) in [7, 11) is 3.52. The lowest BCUT2D eigenvalue weighted by molar-refractivity contribution is -0.130. The van der Waals surface area contributed by atoms with Crippen molar-refractivity contribution < 1.29 is 9.53 Å². The van der Waals surface area contributed by atoms with Crippen LogP contribution in [0, 0.1) is 0 Å². The van der Waals surface area contributed by atoms with E-state index in [9.17, 15) is 4.79 Å². The first-order valence-corrected chi connectivity index (χ1v) is 10.1. The summed E-state index contributed by atoms with van der Waals surface area (Å²) in [5, 5.41) is 7.47. The van der Waals surface area contributed by atoms with Gasteiger partial charge in [0.25, 0.3) is 0 Å². The number of rotatable bonds is 8.